The second kappa shape index (κ2) is 5.32. The first-order chi connectivity index (χ1) is 8.99. The lowest BCUT2D eigenvalue weighted by molar-refractivity contribution is 0.195. The van der Waals surface area contributed by atoms with E-state index in [4.69, 9.17) is 4.74 Å². The molecule has 0 bridgehead atoms. The number of aliphatic hydroxyl groups is 1. The summed E-state index contributed by atoms with van der Waals surface area (Å²) in [5.74, 6) is -2.99. The average molecular weight is 268 g/mol. The lowest BCUT2D eigenvalue weighted by Gasteiger charge is -2.13. The van der Waals surface area contributed by atoms with Gasteiger partial charge >= 0.3 is 0 Å². The van der Waals surface area contributed by atoms with Crippen molar-refractivity contribution in [2.45, 2.75) is 13.0 Å². The highest BCUT2D eigenvalue weighted by molar-refractivity contribution is 5.39. The fraction of sp³-hybridized carbons (Fsp3) is 0.143. The van der Waals surface area contributed by atoms with E-state index < -0.39 is 23.6 Å². The first-order valence-corrected chi connectivity index (χ1v) is 5.58. The SMILES string of the molecule is C[C@H](O)c1cc(F)ccc1Oc1cccc(F)c1F. The van der Waals surface area contributed by atoms with Gasteiger partial charge in [0.1, 0.15) is 11.6 Å². The van der Waals surface area contributed by atoms with Crippen molar-refractivity contribution in [3.63, 3.8) is 0 Å². The number of halogens is 3. The highest BCUT2D eigenvalue weighted by Gasteiger charge is 2.15. The van der Waals surface area contributed by atoms with Crippen LogP contribution in [0.5, 0.6) is 11.5 Å². The van der Waals surface area contributed by atoms with E-state index in [0.29, 0.717) is 0 Å². The molecular formula is C14H11F3O2. The third-order valence-corrected chi connectivity index (χ3v) is 2.56. The molecule has 1 N–H and O–H groups in total. The molecule has 0 fully saturated rings. The van der Waals surface area contributed by atoms with E-state index in [2.05, 4.69) is 0 Å². The Morgan fingerprint density at radius 3 is 2.47 bits per heavy atom. The molecule has 0 heterocycles. The Balaban J connectivity index is 2.41. The van der Waals surface area contributed by atoms with Crippen molar-refractivity contribution >= 4 is 0 Å². The van der Waals surface area contributed by atoms with Gasteiger partial charge in [-0.1, -0.05) is 6.07 Å². The van der Waals surface area contributed by atoms with Crippen LogP contribution in [0.4, 0.5) is 13.2 Å². The van der Waals surface area contributed by atoms with E-state index in [-0.39, 0.29) is 17.1 Å². The van der Waals surface area contributed by atoms with Crippen LogP contribution < -0.4 is 4.74 Å². The maximum atomic E-state index is 13.5. The van der Waals surface area contributed by atoms with Crippen LogP contribution in [0.1, 0.15) is 18.6 Å². The lowest BCUT2D eigenvalue weighted by Crippen LogP contribution is -1.99. The van der Waals surface area contributed by atoms with Gasteiger partial charge in [0.25, 0.3) is 0 Å². The maximum absolute atomic E-state index is 13.5. The standard InChI is InChI=1S/C14H11F3O2/c1-8(18)10-7-9(15)5-6-12(10)19-13-4-2-3-11(16)14(13)17/h2-8,18H,1H3/t8-/m0/s1. The van der Waals surface area contributed by atoms with Gasteiger partial charge in [0, 0.05) is 5.56 Å². The van der Waals surface area contributed by atoms with E-state index in [9.17, 15) is 18.3 Å². The molecule has 2 aromatic rings. The predicted octanol–water partition coefficient (Wildman–Crippen LogP) is 3.95. The van der Waals surface area contributed by atoms with Crippen LogP contribution in [0.2, 0.25) is 0 Å². The zero-order valence-electron chi connectivity index (χ0n) is 10.0. The van der Waals surface area contributed by atoms with Gasteiger partial charge in [-0.05, 0) is 37.3 Å². The summed E-state index contributed by atoms with van der Waals surface area (Å²) in [5, 5.41) is 9.52. The Morgan fingerprint density at radius 2 is 1.79 bits per heavy atom. The van der Waals surface area contributed by atoms with Crippen molar-refractivity contribution in [1.82, 2.24) is 0 Å². The summed E-state index contributed by atoms with van der Waals surface area (Å²) >= 11 is 0. The Bertz CT molecular complexity index is 597. The quantitative estimate of drug-likeness (QED) is 0.913. The molecule has 0 saturated heterocycles. The van der Waals surface area contributed by atoms with Crippen LogP contribution in [0.15, 0.2) is 36.4 Å². The number of hydrogen-bond donors (Lipinski definition) is 1. The van der Waals surface area contributed by atoms with Crippen LogP contribution >= 0.6 is 0 Å². The summed E-state index contributed by atoms with van der Waals surface area (Å²) in [4.78, 5) is 0. The van der Waals surface area contributed by atoms with E-state index in [0.717, 1.165) is 18.2 Å². The van der Waals surface area contributed by atoms with Crippen LogP contribution in [-0.2, 0) is 0 Å². The van der Waals surface area contributed by atoms with Gasteiger partial charge in [-0.25, -0.2) is 8.78 Å². The second-order valence-electron chi connectivity index (χ2n) is 4.01. The highest BCUT2D eigenvalue weighted by Crippen LogP contribution is 2.32. The molecule has 0 amide bonds. The zero-order valence-corrected chi connectivity index (χ0v) is 10.0. The van der Waals surface area contributed by atoms with E-state index in [1.165, 1.54) is 25.1 Å². The second-order valence-corrected chi connectivity index (χ2v) is 4.01. The molecule has 0 saturated carbocycles. The monoisotopic (exact) mass is 268 g/mol. The summed E-state index contributed by atoms with van der Waals surface area (Å²) in [6.45, 7) is 1.42. The molecule has 100 valence electrons. The average Bonchev–Trinajstić information content (AvgIpc) is 2.36. The third kappa shape index (κ3) is 2.88. The van der Waals surface area contributed by atoms with Gasteiger partial charge in [-0.15, -0.1) is 0 Å². The summed E-state index contributed by atoms with van der Waals surface area (Å²) in [7, 11) is 0. The Kier molecular flexibility index (Phi) is 3.76. The summed E-state index contributed by atoms with van der Waals surface area (Å²) in [6.07, 6.45) is -0.998. The largest absolute Gasteiger partial charge is 0.454 e. The molecule has 0 aromatic heterocycles. The van der Waals surface area contributed by atoms with Crippen molar-refractivity contribution < 1.29 is 23.0 Å². The lowest BCUT2D eigenvalue weighted by atomic mass is 10.1. The molecule has 19 heavy (non-hydrogen) atoms. The third-order valence-electron chi connectivity index (χ3n) is 2.56. The minimum absolute atomic E-state index is 0.0703. The molecule has 0 aliphatic rings. The van der Waals surface area contributed by atoms with Crippen LogP contribution in [0.25, 0.3) is 0 Å². The molecule has 0 radical (unpaired) electrons. The van der Waals surface area contributed by atoms with Gasteiger partial charge < -0.3 is 9.84 Å². The smallest absolute Gasteiger partial charge is 0.201 e. The number of ether oxygens (including phenoxy) is 1. The summed E-state index contributed by atoms with van der Waals surface area (Å²) in [5.41, 5.74) is 0.156. The van der Waals surface area contributed by atoms with E-state index in [1.807, 2.05) is 0 Å². The molecule has 2 rings (SSSR count). The molecule has 1 atom stereocenters. The van der Waals surface area contributed by atoms with Crippen molar-refractivity contribution in [1.29, 1.82) is 0 Å². The molecule has 0 spiro atoms. The molecular weight excluding hydrogens is 257 g/mol. The summed E-state index contributed by atoms with van der Waals surface area (Å²) < 4.78 is 44.8. The molecule has 2 aromatic carbocycles. The molecule has 0 unspecified atom stereocenters. The molecule has 5 heteroatoms. The number of hydrogen-bond acceptors (Lipinski definition) is 2. The number of benzene rings is 2. The fourth-order valence-corrected chi connectivity index (χ4v) is 1.62. The van der Waals surface area contributed by atoms with Crippen molar-refractivity contribution in [2.75, 3.05) is 0 Å². The first-order valence-electron chi connectivity index (χ1n) is 5.58. The van der Waals surface area contributed by atoms with E-state index in [1.54, 1.807) is 0 Å². The van der Waals surface area contributed by atoms with Crippen LogP contribution in [-0.4, -0.2) is 5.11 Å². The van der Waals surface area contributed by atoms with Gasteiger partial charge in [-0.2, -0.15) is 4.39 Å². The molecule has 2 nitrogen and oxygen atoms in total. The minimum Gasteiger partial charge on any atom is -0.454 e. The van der Waals surface area contributed by atoms with Crippen LogP contribution in [0, 0.1) is 17.5 Å². The first kappa shape index (κ1) is 13.4. The Morgan fingerprint density at radius 1 is 1.05 bits per heavy atom. The predicted molar refractivity (Wildman–Crippen MR) is 63.5 cm³/mol. The fourth-order valence-electron chi connectivity index (χ4n) is 1.62. The van der Waals surface area contributed by atoms with Crippen molar-refractivity contribution in [3.8, 4) is 11.5 Å². The maximum Gasteiger partial charge on any atom is 0.201 e. The van der Waals surface area contributed by atoms with E-state index >= 15 is 0 Å². The number of rotatable bonds is 3. The highest BCUT2D eigenvalue weighted by atomic mass is 19.2. The Labute approximate surface area is 108 Å². The minimum atomic E-state index is -1.14. The molecule has 0 aliphatic carbocycles. The van der Waals surface area contributed by atoms with Crippen molar-refractivity contribution in [2.24, 2.45) is 0 Å². The van der Waals surface area contributed by atoms with Crippen molar-refractivity contribution in [3.05, 3.63) is 59.4 Å². The van der Waals surface area contributed by atoms with Gasteiger partial charge in [0.15, 0.2) is 11.6 Å². The Hall–Kier alpha value is -2.01. The van der Waals surface area contributed by atoms with Gasteiger partial charge in [0.05, 0.1) is 6.10 Å². The van der Waals surface area contributed by atoms with Gasteiger partial charge in [0.2, 0.25) is 5.82 Å². The molecule has 0 aliphatic heterocycles. The summed E-state index contributed by atoms with van der Waals surface area (Å²) in [6, 6.07) is 6.94. The topological polar surface area (TPSA) is 29.5 Å². The van der Waals surface area contributed by atoms with Crippen LogP contribution in [0.3, 0.4) is 0 Å². The zero-order chi connectivity index (χ0) is 14.0. The normalized spacial score (nSPS) is 12.3. The number of aliphatic hydroxyl groups excluding tert-OH is 1. The van der Waals surface area contributed by atoms with Gasteiger partial charge in [-0.3, -0.25) is 0 Å².